The number of carbonyl (C=O) groups is 1. The topological polar surface area (TPSA) is 54.4 Å². The Balaban J connectivity index is 1.98. The number of carbonyl (C=O) groups excluding carboxylic acids is 1. The molecule has 0 aliphatic heterocycles. The second-order valence-corrected chi connectivity index (χ2v) is 4.68. The lowest BCUT2D eigenvalue weighted by atomic mass is 10.2. The summed E-state index contributed by atoms with van der Waals surface area (Å²) in [5.41, 5.74) is 0.564. The predicted molar refractivity (Wildman–Crippen MR) is 76.1 cm³/mol. The number of nitrogens with zero attached hydrogens (tertiary/aromatic N) is 2. The van der Waals surface area contributed by atoms with Crippen molar-refractivity contribution in [2.75, 3.05) is 4.72 Å². The minimum atomic E-state index is -0.275. The number of rotatable bonds is 3. The van der Waals surface area contributed by atoms with Gasteiger partial charge in [-0.1, -0.05) is 29.0 Å². The van der Waals surface area contributed by atoms with Crippen LogP contribution in [0, 0.1) is 0 Å². The fourth-order valence-corrected chi connectivity index (χ4v) is 1.99. The first-order valence-electron chi connectivity index (χ1n) is 5.11. The number of pyridine rings is 1. The van der Waals surface area contributed by atoms with Gasteiger partial charge in [-0.15, -0.1) is 0 Å². The van der Waals surface area contributed by atoms with Crippen LogP contribution >= 0.6 is 15.9 Å². The molecule has 0 spiro atoms. The van der Waals surface area contributed by atoms with E-state index in [-0.39, 0.29) is 5.91 Å². The molecule has 0 saturated carbocycles. The summed E-state index contributed by atoms with van der Waals surface area (Å²) in [6.07, 6.45) is 0. The van der Waals surface area contributed by atoms with Crippen LogP contribution in [-0.4, -0.2) is 10.9 Å². The molecule has 18 heavy (non-hydrogen) atoms. The van der Waals surface area contributed by atoms with Crippen LogP contribution in [0.15, 0.2) is 57.5 Å². The van der Waals surface area contributed by atoms with Crippen LogP contribution in [0.25, 0.3) is 0 Å². The molecule has 0 atom stereocenters. The number of nitrogens with one attached hydrogen (secondary N) is 1. The molecule has 0 bridgehead atoms. The van der Waals surface area contributed by atoms with Gasteiger partial charge in [-0.3, -0.25) is 4.79 Å². The number of benzene rings is 1. The van der Waals surface area contributed by atoms with E-state index >= 15 is 0 Å². The summed E-state index contributed by atoms with van der Waals surface area (Å²) >= 11 is 4.22. The van der Waals surface area contributed by atoms with Gasteiger partial charge in [-0.05, 0) is 40.2 Å². The van der Waals surface area contributed by atoms with E-state index in [1.165, 1.54) is 0 Å². The van der Waals surface area contributed by atoms with Crippen molar-refractivity contribution in [3.05, 3.63) is 58.7 Å². The minimum absolute atomic E-state index is 0.275. The zero-order chi connectivity index (χ0) is 12.8. The Hall–Kier alpha value is -1.66. The highest BCUT2D eigenvalue weighted by molar-refractivity contribution is 9.10. The molecule has 1 N–H and O–H groups in total. The Labute approximate surface area is 117 Å². The molecule has 0 saturated heterocycles. The Kier molecular flexibility index (Phi) is 4.49. The first-order valence-corrected chi connectivity index (χ1v) is 6.67. The van der Waals surface area contributed by atoms with Crippen molar-refractivity contribution in [3.8, 4) is 0 Å². The molecule has 0 unspecified atom stereocenters. The van der Waals surface area contributed by atoms with Crippen molar-refractivity contribution in [3.63, 3.8) is 0 Å². The van der Waals surface area contributed by atoms with Crippen LogP contribution in [0.3, 0.4) is 0 Å². The Morgan fingerprint density at radius 3 is 2.67 bits per heavy atom. The monoisotopic (exact) mass is 322 g/mol. The summed E-state index contributed by atoms with van der Waals surface area (Å²) in [5.74, 6) is 0.363. The van der Waals surface area contributed by atoms with Gasteiger partial charge in [0.2, 0.25) is 0 Å². The van der Waals surface area contributed by atoms with E-state index in [1.54, 1.807) is 30.3 Å². The standard InChI is InChI=1S/C12H8BrN3OS/c13-10-7-4-8-11(14-10)15-18-16-12(17)9-5-2-1-3-6-9/h1-8H/p+1. The van der Waals surface area contributed by atoms with Crippen molar-refractivity contribution >= 4 is 39.4 Å². The SMILES string of the molecule is O=C(N=[S+]Nc1cccc(Br)n1)c1ccccc1. The largest absolute Gasteiger partial charge is 0.484 e. The van der Waals surface area contributed by atoms with Crippen molar-refractivity contribution in [1.82, 2.24) is 4.98 Å². The molecule has 2 aromatic rings. The number of amides is 1. The summed E-state index contributed by atoms with van der Waals surface area (Å²) in [5, 5.41) is 0. The van der Waals surface area contributed by atoms with E-state index in [1.807, 2.05) is 18.2 Å². The van der Waals surface area contributed by atoms with Crippen LogP contribution < -0.4 is 4.72 Å². The van der Waals surface area contributed by atoms with Crippen LogP contribution in [0.1, 0.15) is 10.4 Å². The fourth-order valence-electron chi connectivity index (χ4n) is 1.21. The summed E-state index contributed by atoms with van der Waals surface area (Å²) < 4.78 is 7.43. The molecular formula is C12H9BrN3OS+. The van der Waals surface area contributed by atoms with E-state index < -0.39 is 0 Å². The molecular weight excluding hydrogens is 314 g/mol. The molecule has 4 nitrogen and oxygen atoms in total. The maximum absolute atomic E-state index is 11.6. The Morgan fingerprint density at radius 1 is 1.17 bits per heavy atom. The summed E-state index contributed by atoms with van der Waals surface area (Å²) in [6, 6.07) is 14.4. The van der Waals surface area contributed by atoms with Gasteiger partial charge in [0, 0.05) is 5.56 Å². The molecule has 1 amide bonds. The zero-order valence-corrected chi connectivity index (χ0v) is 11.6. The maximum atomic E-state index is 11.6. The van der Waals surface area contributed by atoms with Gasteiger partial charge < -0.3 is 0 Å². The van der Waals surface area contributed by atoms with Crippen LogP contribution in [0.4, 0.5) is 5.82 Å². The van der Waals surface area contributed by atoms with Gasteiger partial charge in [-0.25, -0.2) is 4.98 Å². The van der Waals surface area contributed by atoms with Gasteiger partial charge >= 0.3 is 17.7 Å². The minimum Gasteiger partial charge on any atom is -0.261 e. The molecule has 6 heteroatoms. The maximum Gasteiger partial charge on any atom is 0.484 e. The second-order valence-electron chi connectivity index (χ2n) is 3.30. The average Bonchev–Trinajstić information content (AvgIpc) is 2.40. The molecule has 1 aromatic carbocycles. The highest BCUT2D eigenvalue weighted by Crippen LogP contribution is 2.09. The third-order valence-corrected chi connectivity index (χ3v) is 3.01. The van der Waals surface area contributed by atoms with Crippen LogP contribution in [0.2, 0.25) is 0 Å². The first-order chi connectivity index (χ1) is 8.75. The molecule has 1 heterocycles. The van der Waals surface area contributed by atoms with E-state index in [9.17, 15) is 4.79 Å². The summed E-state index contributed by atoms with van der Waals surface area (Å²) in [4.78, 5) is 15.8. The highest BCUT2D eigenvalue weighted by Gasteiger charge is 2.09. The average molecular weight is 323 g/mol. The number of aromatic nitrogens is 1. The number of hydrogen-bond acceptors (Lipinski definition) is 2. The molecule has 0 aliphatic carbocycles. The zero-order valence-electron chi connectivity index (χ0n) is 9.21. The van der Waals surface area contributed by atoms with Crippen molar-refractivity contribution in [2.24, 2.45) is 4.36 Å². The van der Waals surface area contributed by atoms with Gasteiger partial charge in [0.15, 0.2) is 5.82 Å². The van der Waals surface area contributed by atoms with Crippen LogP contribution in [-0.2, 0) is 11.7 Å². The lowest BCUT2D eigenvalue weighted by molar-refractivity contribution is 0.101. The van der Waals surface area contributed by atoms with Crippen LogP contribution in [0.5, 0.6) is 0 Å². The summed E-state index contributed by atoms with van der Waals surface area (Å²) in [7, 11) is 0. The molecule has 2 rings (SSSR count). The first kappa shape index (κ1) is 12.8. The fraction of sp³-hybridized carbons (Fsp3) is 0. The van der Waals surface area contributed by atoms with Gasteiger partial charge in [0.05, 0.1) is 4.36 Å². The quantitative estimate of drug-likeness (QED) is 0.536. The third-order valence-electron chi connectivity index (χ3n) is 2.01. The van der Waals surface area contributed by atoms with E-state index in [4.69, 9.17) is 0 Å². The van der Waals surface area contributed by atoms with Crippen molar-refractivity contribution < 1.29 is 4.79 Å². The van der Waals surface area contributed by atoms with E-state index in [0.29, 0.717) is 11.4 Å². The number of anilines is 1. The second kappa shape index (κ2) is 6.32. The molecule has 0 radical (unpaired) electrons. The lowest BCUT2D eigenvalue weighted by Crippen LogP contribution is -1.98. The van der Waals surface area contributed by atoms with Crippen molar-refractivity contribution in [2.45, 2.75) is 0 Å². The number of halogens is 1. The smallest absolute Gasteiger partial charge is 0.261 e. The van der Waals surface area contributed by atoms with E-state index in [0.717, 1.165) is 16.3 Å². The predicted octanol–water partition coefficient (Wildman–Crippen LogP) is 3.28. The molecule has 90 valence electrons. The Bertz CT molecular complexity index is 575. The lowest BCUT2D eigenvalue weighted by Gasteiger charge is -1.90. The normalized spacial score (nSPS) is 10.5. The van der Waals surface area contributed by atoms with E-state index in [2.05, 4.69) is 30.0 Å². The van der Waals surface area contributed by atoms with Gasteiger partial charge in [-0.2, -0.15) is 0 Å². The number of hydrogen-bond donors (Lipinski definition) is 1. The van der Waals surface area contributed by atoms with Gasteiger partial charge in [0.25, 0.3) is 0 Å². The third kappa shape index (κ3) is 3.68. The Morgan fingerprint density at radius 2 is 1.94 bits per heavy atom. The van der Waals surface area contributed by atoms with Gasteiger partial charge in [0.1, 0.15) is 4.60 Å². The summed E-state index contributed by atoms with van der Waals surface area (Å²) in [6.45, 7) is 0. The molecule has 0 fully saturated rings. The highest BCUT2D eigenvalue weighted by atomic mass is 79.9. The van der Waals surface area contributed by atoms with Crippen molar-refractivity contribution in [1.29, 1.82) is 0 Å². The molecule has 1 aromatic heterocycles. The molecule has 0 aliphatic rings.